The minimum Gasteiger partial charge on any atom is -0.393 e. The molecule has 22 heavy (non-hydrogen) atoms. The van der Waals surface area contributed by atoms with E-state index in [-0.39, 0.29) is 17.4 Å². The minimum atomic E-state index is -0.791. The summed E-state index contributed by atoms with van der Waals surface area (Å²) < 4.78 is 0.982. The van der Waals surface area contributed by atoms with E-state index in [1.165, 1.54) is 5.56 Å². The molecule has 1 unspecified atom stereocenters. The number of aliphatic hydroxyl groups excluding tert-OH is 1. The lowest BCUT2D eigenvalue weighted by Gasteiger charge is -2.44. The zero-order valence-electron chi connectivity index (χ0n) is 12.6. The minimum absolute atomic E-state index is 0.0701. The van der Waals surface area contributed by atoms with Gasteiger partial charge in [0, 0.05) is 16.9 Å². The van der Waals surface area contributed by atoms with Crippen LogP contribution in [0.2, 0.25) is 0 Å². The van der Waals surface area contributed by atoms with Gasteiger partial charge < -0.3 is 10.0 Å². The molecular weight excluding hydrogens is 344 g/mol. The molecule has 4 nitrogen and oxygen atoms in total. The molecule has 1 aromatic carbocycles. The number of rotatable bonds is 0. The number of carbonyl (C=O) groups is 1. The summed E-state index contributed by atoms with van der Waals surface area (Å²) in [4.78, 5) is 19.5. The van der Waals surface area contributed by atoms with Gasteiger partial charge in [0.25, 0.3) is 5.91 Å². The molecule has 3 aliphatic rings. The fraction of sp³-hybridized carbons (Fsp3) is 0.529. The lowest BCUT2D eigenvalue weighted by atomic mass is 9.61. The Morgan fingerprint density at radius 2 is 2.09 bits per heavy atom. The average molecular weight is 363 g/mol. The van der Waals surface area contributed by atoms with Crippen molar-refractivity contribution in [1.82, 2.24) is 4.90 Å². The predicted molar refractivity (Wildman–Crippen MR) is 87.7 cm³/mol. The highest BCUT2D eigenvalue weighted by atomic mass is 79.9. The molecule has 0 radical (unpaired) electrons. The first-order valence-corrected chi connectivity index (χ1v) is 8.57. The van der Waals surface area contributed by atoms with Crippen molar-refractivity contribution in [2.45, 2.75) is 43.7 Å². The summed E-state index contributed by atoms with van der Waals surface area (Å²) in [6.45, 7) is 0. The number of fused-ring (bicyclic) bond motifs is 3. The third kappa shape index (κ3) is 1.67. The number of amides is 1. The molecule has 5 heteroatoms. The maximum Gasteiger partial charge on any atom is 0.260 e. The number of hydrogen-bond donors (Lipinski definition) is 1. The molecule has 1 saturated carbocycles. The first kappa shape index (κ1) is 14.4. The van der Waals surface area contributed by atoms with Gasteiger partial charge in [0.1, 0.15) is 0 Å². The summed E-state index contributed by atoms with van der Waals surface area (Å²) in [5.74, 6) is 0.0701. The number of aliphatic imine (C=N–C) groups is 1. The van der Waals surface area contributed by atoms with Gasteiger partial charge in [-0.3, -0.25) is 9.79 Å². The normalized spacial score (nSPS) is 36.6. The van der Waals surface area contributed by atoms with Gasteiger partial charge in [-0.25, -0.2) is 0 Å². The van der Waals surface area contributed by atoms with Gasteiger partial charge in [-0.15, -0.1) is 0 Å². The van der Waals surface area contributed by atoms with Crippen LogP contribution < -0.4 is 0 Å². The maximum absolute atomic E-state index is 13.1. The highest BCUT2D eigenvalue weighted by molar-refractivity contribution is 9.10. The maximum atomic E-state index is 13.1. The van der Waals surface area contributed by atoms with Crippen molar-refractivity contribution in [3.8, 4) is 0 Å². The molecule has 1 fully saturated rings. The summed E-state index contributed by atoms with van der Waals surface area (Å²) in [7, 11) is 1.78. The Morgan fingerprint density at radius 1 is 1.36 bits per heavy atom. The first-order valence-electron chi connectivity index (χ1n) is 7.78. The van der Waals surface area contributed by atoms with Crippen LogP contribution in [0.1, 0.15) is 36.8 Å². The van der Waals surface area contributed by atoms with E-state index >= 15 is 0 Å². The molecule has 2 aliphatic carbocycles. The summed E-state index contributed by atoms with van der Waals surface area (Å²) in [6.07, 6.45) is 5.50. The summed E-state index contributed by atoms with van der Waals surface area (Å²) in [5, 5.41) is 9.92. The highest BCUT2D eigenvalue weighted by Gasteiger charge is 2.64. The van der Waals surface area contributed by atoms with Crippen LogP contribution in [0.3, 0.4) is 0 Å². The Morgan fingerprint density at radius 3 is 2.73 bits per heavy atom. The molecule has 1 aromatic rings. The van der Waals surface area contributed by atoms with E-state index in [4.69, 9.17) is 4.99 Å². The number of carbonyl (C=O) groups excluding carboxylic acids is 1. The number of nitrogens with zero attached hydrogens (tertiary/aromatic N) is 2. The zero-order chi connectivity index (χ0) is 15.5. The monoisotopic (exact) mass is 362 g/mol. The van der Waals surface area contributed by atoms with E-state index in [9.17, 15) is 9.90 Å². The van der Waals surface area contributed by atoms with Crippen molar-refractivity contribution in [1.29, 1.82) is 0 Å². The topological polar surface area (TPSA) is 52.9 Å². The van der Waals surface area contributed by atoms with Gasteiger partial charge in [-0.1, -0.05) is 22.0 Å². The number of aliphatic hydroxyl groups is 1. The number of benzene rings is 1. The van der Waals surface area contributed by atoms with Crippen molar-refractivity contribution in [3.63, 3.8) is 0 Å². The fourth-order valence-corrected chi connectivity index (χ4v) is 4.96. The molecule has 1 aliphatic heterocycles. The van der Waals surface area contributed by atoms with Crippen molar-refractivity contribution in [2.75, 3.05) is 7.05 Å². The van der Waals surface area contributed by atoms with Crippen molar-refractivity contribution in [2.24, 2.45) is 10.4 Å². The van der Waals surface area contributed by atoms with Crippen LogP contribution in [-0.2, 0) is 16.8 Å². The second-order valence-electron chi connectivity index (χ2n) is 6.86. The number of hydrogen-bond acceptors (Lipinski definition) is 3. The third-order valence-corrected chi connectivity index (χ3v) is 6.22. The molecule has 1 amide bonds. The molecule has 1 atom stereocenters. The molecule has 116 valence electrons. The lowest BCUT2D eigenvalue weighted by Crippen LogP contribution is -2.50. The van der Waals surface area contributed by atoms with Crippen LogP contribution in [0.25, 0.3) is 0 Å². The summed E-state index contributed by atoms with van der Waals surface area (Å²) in [5.41, 5.74) is 1.29. The van der Waals surface area contributed by atoms with E-state index in [2.05, 4.69) is 28.1 Å². The SMILES string of the molecule is CN1C=NC2(C1=O)c1cc(Br)ccc1CC21CCC(O)CC1. The smallest absolute Gasteiger partial charge is 0.260 e. The largest absolute Gasteiger partial charge is 0.393 e. The molecule has 2 spiro atoms. The van der Waals surface area contributed by atoms with Gasteiger partial charge in [-0.2, -0.15) is 0 Å². The molecule has 0 bridgehead atoms. The van der Waals surface area contributed by atoms with Gasteiger partial charge in [0.05, 0.1) is 12.4 Å². The van der Waals surface area contributed by atoms with E-state index in [0.29, 0.717) is 0 Å². The zero-order valence-corrected chi connectivity index (χ0v) is 14.1. The van der Waals surface area contributed by atoms with Gasteiger partial charge >= 0.3 is 0 Å². The average Bonchev–Trinajstić information content (AvgIpc) is 2.95. The number of halogens is 1. The predicted octanol–water partition coefficient (Wildman–Crippen LogP) is 2.62. The van der Waals surface area contributed by atoms with E-state index < -0.39 is 5.54 Å². The van der Waals surface area contributed by atoms with Gasteiger partial charge in [-0.05, 0) is 55.4 Å². The van der Waals surface area contributed by atoms with Crippen LogP contribution in [0.15, 0.2) is 27.7 Å². The second-order valence-corrected chi connectivity index (χ2v) is 7.78. The van der Waals surface area contributed by atoms with E-state index in [1.54, 1.807) is 18.3 Å². The Hall–Kier alpha value is -1.20. The second kappa shape index (κ2) is 4.65. The number of likely N-dealkylation sites (N-methyl/N-ethyl adjacent to an activating group) is 1. The summed E-state index contributed by atoms with van der Waals surface area (Å²) in [6, 6.07) is 6.21. The highest BCUT2D eigenvalue weighted by Crippen LogP contribution is 2.61. The van der Waals surface area contributed by atoms with E-state index in [0.717, 1.165) is 42.1 Å². The van der Waals surface area contributed by atoms with Gasteiger partial charge in [0.2, 0.25) is 0 Å². The molecule has 1 heterocycles. The van der Waals surface area contributed by atoms with Crippen LogP contribution in [0.5, 0.6) is 0 Å². The Balaban J connectivity index is 1.91. The van der Waals surface area contributed by atoms with E-state index in [1.807, 2.05) is 6.07 Å². The summed E-state index contributed by atoms with van der Waals surface area (Å²) >= 11 is 3.54. The van der Waals surface area contributed by atoms with Crippen LogP contribution in [-0.4, -0.2) is 35.4 Å². The van der Waals surface area contributed by atoms with Crippen molar-refractivity contribution < 1.29 is 9.90 Å². The fourth-order valence-electron chi connectivity index (χ4n) is 4.60. The Labute approximate surface area is 138 Å². The Bertz CT molecular complexity index is 679. The van der Waals surface area contributed by atoms with Crippen LogP contribution in [0, 0.1) is 5.41 Å². The third-order valence-electron chi connectivity index (χ3n) is 5.72. The molecule has 4 rings (SSSR count). The molecule has 1 N–H and O–H groups in total. The first-order chi connectivity index (χ1) is 10.5. The van der Waals surface area contributed by atoms with Crippen molar-refractivity contribution >= 4 is 28.2 Å². The quantitative estimate of drug-likeness (QED) is 0.771. The molecular formula is C17H19BrN2O2. The van der Waals surface area contributed by atoms with Crippen LogP contribution in [0.4, 0.5) is 0 Å². The van der Waals surface area contributed by atoms with Gasteiger partial charge in [0.15, 0.2) is 5.54 Å². The van der Waals surface area contributed by atoms with Crippen molar-refractivity contribution in [3.05, 3.63) is 33.8 Å². The standard InChI is InChI=1S/C17H19BrN2O2/c1-20-10-19-17(15(20)22)14-8-12(18)3-2-11(14)9-16(17)6-4-13(21)5-7-16/h2-3,8,10,13,21H,4-7,9H2,1H3. The lowest BCUT2D eigenvalue weighted by molar-refractivity contribution is -0.137. The Kier molecular flexibility index (Phi) is 3.04. The molecule has 0 saturated heterocycles. The van der Waals surface area contributed by atoms with Crippen LogP contribution >= 0.6 is 15.9 Å². The molecule has 0 aromatic heterocycles.